The van der Waals surface area contributed by atoms with Crippen LogP contribution in [0.3, 0.4) is 0 Å². The van der Waals surface area contributed by atoms with E-state index in [9.17, 15) is 12.8 Å². The second kappa shape index (κ2) is 6.21. The van der Waals surface area contributed by atoms with Gasteiger partial charge in [0, 0.05) is 30.2 Å². The minimum atomic E-state index is -3.54. The number of benzene rings is 1. The summed E-state index contributed by atoms with van der Waals surface area (Å²) in [7, 11) is -3.54. The van der Waals surface area contributed by atoms with E-state index in [1.54, 1.807) is 24.2 Å². The maximum Gasteiger partial charge on any atom is 0.246 e. The highest BCUT2D eigenvalue weighted by Gasteiger charge is 2.33. The largest absolute Gasteiger partial charge is 0.361 e. The van der Waals surface area contributed by atoms with E-state index in [0.29, 0.717) is 29.4 Å². The zero-order valence-corrected chi connectivity index (χ0v) is 15.5. The van der Waals surface area contributed by atoms with Crippen LogP contribution in [-0.4, -0.2) is 41.0 Å². The van der Waals surface area contributed by atoms with Crippen LogP contribution in [0.15, 0.2) is 29.3 Å². The van der Waals surface area contributed by atoms with Gasteiger partial charge >= 0.3 is 0 Å². The van der Waals surface area contributed by atoms with Crippen LogP contribution in [0, 0.1) is 19.7 Å². The van der Waals surface area contributed by atoms with Crippen LogP contribution in [0.4, 0.5) is 4.39 Å². The molecule has 0 unspecified atom stereocenters. The van der Waals surface area contributed by atoms with Gasteiger partial charge in [0.25, 0.3) is 0 Å². The number of aryl methyl sites for hydroxylation is 2. The van der Waals surface area contributed by atoms with Gasteiger partial charge in [-0.2, -0.15) is 9.40 Å². The number of nitrogens with zero attached hydrogens (tertiary/aromatic N) is 2. The molecule has 3 aromatic rings. The lowest BCUT2D eigenvalue weighted by Crippen LogP contribution is -2.38. The van der Waals surface area contributed by atoms with Crippen LogP contribution in [0.5, 0.6) is 0 Å². The molecular weight excluding hydrogens is 355 g/mol. The summed E-state index contributed by atoms with van der Waals surface area (Å²) in [4.78, 5) is 3.41. The topological polar surface area (TPSA) is 81.8 Å². The molecule has 1 aromatic carbocycles. The highest BCUT2D eigenvalue weighted by molar-refractivity contribution is 7.89. The molecule has 1 saturated heterocycles. The number of aromatic amines is 2. The lowest BCUT2D eigenvalue weighted by Gasteiger charge is -2.31. The number of hydrogen-bond acceptors (Lipinski definition) is 3. The van der Waals surface area contributed by atoms with Gasteiger partial charge < -0.3 is 4.98 Å². The van der Waals surface area contributed by atoms with Gasteiger partial charge in [-0.25, -0.2) is 12.8 Å². The first-order chi connectivity index (χ1) is 12.4. The molecule has 0 amide bonds. The fourth-order valence-electron chi connectivity index (χ4n) is 3.92. The number of rotatable bonds is 3. The lowest BCUT2D eigenvalue weighted by molar-refractivity contribution is 0.320. The van der Waals surface area contributed by atoms with E-state index >= 15 is 0 Å². The fraction of sp³-hybridized carbons (Fsp3) is 0.389. The van der Waals surface area contributed by atoms with Crippen LogP contribution in [0.25, 0.3) is 10.9 Å². The third-order valence-corrected chi connectivity index (χ3v) is 7.39. The number of nitrogens with one attached hydrogen (secondary N) is 2. The van der Waals surface area contributed by atoms with Crippen LogP contribution < -0.4 is 0 Å². The number of piperidine rings is 1. The zero-order valence-electron chi connectivity index (χ0n) is 14.7. The number of halogens is 1. The van der Waals surface area contributed by atoms with Crippen molar-refractivity contribution < 1.29 is 12.8 Å². The highest BCUT2D eigenvalue weighted by atomic mass is 32.2. The van der Waals surface area contributed by atoms with E-state index in [0.717, 1.165) is 29.3 Å². The van der Waals surface area contributed by atoms with Crippen molar-refractivity contribution in [2.45, 2.75) is 37.5 Å². The molecule has 6 nitrogen and oxygen atoms in total. The Morgan fingerprint density at radius 1 is 1.23 bits per heavy atom. The number of H-pyrrole nitrogens is 2. The van der Waals surface area contributed by atoms with Crippen molar-refractivity contribution >= 4 is 20.9 Å². The molecular formula is C18H21FN4O2S. The van der Waals surface area contributed by atoms with Gasteiger partial charge in [-0.05, 0) is 56.4 Å². The van der Waals surface area contributed by atoms with Crippen molar-refractivity contribution in [3.05, 3.63) is 47.2 Å². The zero-order chi connectivity index (χ0) is 18.5. The van der Waals surface area contributed by atoms with Gasteiger partial charge in [-0.1, -0.05) is 0 Å². The van der Waals surface area contributed by atoms with Crippen molar-refractivity contribution in [2.75, 3.05) is 13.1 Å². The lowest BCUT2D eigenvalue weighted by atomic mass is 9.90. The molecule has 0 spiro atoms. The number of aromatic nitrogens is 3. The van der Waals surface area contributed by atoms with Gasteiger partial charge in [-0.15, -0.1) is 0 Å². The van der Waals surface area contributed by atoms with E-state index < -0.39 is 10.0 Å². The third-order valence-electron chi connectivity index (χ3n) is 5.23. The summed E-state index contributed by atoms with van der Waals surface area (Å²) in [5.41, 5.74) is 2.99. The summed E-state index contributed by atoms with van der Waals surface area (Å²) in [5.74, 6) is -0.00938. The molecule has 0 aliphatic carbocycles. The smallest absolute Gasteiger partial charge is 0.246 e. The van der Waals surface area contributed by atoms with E-state index in [-0.39, 0.29) is 11.7 Å². The number of hydrogen-bond donors (Lipinski definition) is 2. The van der Waals surface area contributed by atoms with Gasteiger partial charge in [0.2, 0.25) is 10.0 Å². The standard InChI is InChI=1S/C18H21FN4O2S/c1-11-18(12(2)22-21-11)26(24,25)23-7-5-13(6-8-23)16-10-20-17-9-14(19)3-4-15(16)17/h3-4,9-10,13,20H,5-8H2,1-2H3,(H,21,22). The van der Waals surface area contributed by atoms with Crippen molar-refractivity contribution in [1.29, 1.82) is 0 Å². The van der Waals surface area contributed by atoms with E-state index in [4.69, 9.17) is 0 Å². The molecule has 138 valence electrons. The second-order valence-electron chi connectivity index (χ2n) is 6.88. The second-order valence-corrected chi connectivity index (χ2v) is 8.75. The molecule has 0 atom stereocenters. The SMILES string of the molecule is Cc1n[nH]c(C)c1S(=O)(=O)N1CCC(c2c[nH]c3cc(F)ccc23)CC1. The summed E-state index contributed by atoms with van der Waals surface area (Å²) in [6, 6.07) is 4.74. The molecule has 0 saturated carbocycles. The van der Waals surface area contributed by atoms with Crippen LogP contribution >= 0.6 is 0 Å². The molecule has 1 fully saturated rings. The van der Waals surface area contributed by atoms with Crippen molar-refractivity contribution in [2.24, 2.45) is 0 Å². The minimum Gasteiger partial charge on any atom is -0.361 e. The maximum atomic E-state index is 13.4. The molecule has 3 heterocycles. The third kappa shape index (κ3) is 2.73. The van der Waals surface area contributed by atoms with Crippen LogP contribution in [-0.2, 0) is 10.0 Å². The summed E-state index contributed by atoms with van der Waals surface area (Å²) >= 11 is 0. The molecule has 0 bridgehead atoms. The maximum absolute atomic E-state index is 13.4. The Kier molecular flexibility index (Phi) is 4.11. The molecule has 1 aliphatic rings. The summed E-state index contributed by atoms with van der Waals surface area (Å²) in [5, 5.41) is 7.76. The average molecular weight is 376 g/mol. The molecule has 2 N–H and O–H groups in total. The number of fused-ring (bicyclic) bond motifs is 1. The van der Waals surface area contributed by atoms with E-state index in [2.05, 4.69) is 15.2 Å². The average Bonchev–Trinajstić information content (AvgIpc) is 3.18. The molecule has 1 aliphatic heterocycles. The molecule has 4 rings (SSSR count). The monoisotopic (exact) mass is 376 g/mol. The van der Waals surface area contributed by atoms with Crippen molar-refractivity contribution in [3.8, 4) is 0 Å². The van der Waals surface area contributed by atoms with Crippen molar-refractivity contribution in [3.63, 3.8) is 0 Å². The first-order valence-electron chi connectivity index (χ1n) is 8.66. The Balaban J connectivity index is 1.55. The molecule has 0 radical (unpaired) electrons. The Morgan fingerprint density at radius 3 is 2.62 bits per heavy atom. The predicted molar refractivity (Wildman–Crippen MR) is 97.1 cm³/mol. The number of sulfonamides is 1. The first-order valence-corrected chi connectivity index (χ1v) is 10.1. The first kappa shape index (κ1) is 17.2. The predicted octanol–water partition coefficient (Wildman–Crippen LogP) is 3.22. The van der Waals surface area contributed by atoms with Gasteiger partial charge in [0.1, 0.15) is 10.7 Å². The van der Waals surface area contributed by atoms with E-state index in [1.807, 2.05) is 6.20 Å². The Morgan fingerprint density at radius 2 is 1.96 bits per heavy atom. The molecule has 8 heteroatoms. The Hall–Kier alpha value is -2.19. The quantitative estimate of drug-likeness (QED) is 0.736. The minimum absolute atomic E-state index is 0.257. The summed E-state index contributed by atoms with van der Waals surface area (Å²) in [6.45, 7) is 4.36. The summed E-state index contributed by atoms with van der Waals surface area (Å²) in [6.07, 6.45) is 3.39. The normalized spacial score (nSPS) is 17.2. The Labute approximate surface area is 151 Å². The van der Waals surface area contributed by atoms with Crippen LogP contribution in [0.2, 0.25) is 0 Å². The Bertz CT molecular complexity index is 1040. The van der Waals surface area contributed by atoms with Crippen LogP contribution in [0.1, 0.15) is 35.7 Å². The van der Waals surface area contributed by atoms with Gasteiger partial charge in [-0.3, -0.25) is 5.10 Å². The van der Waals surface area contributed by atoms with Crippen molar-refractivity contribution in [1.82, 2.24) is 19.5 Å². The van der Waals surface area contributed by atoms with E-state index in [1.165, 1.54) is 12.1 Å². The van der Waals surface area contributed by atoms with Gasteiger partial charge in [0.15, 0.2) is 0 Å². The highest BCUT2D eigenvalue weighted by Crippen LogP contribution is 2.35. The summed E-state index contributed by atoms with van der Waals surface area (Å²) < 4.78 is 40.8. The van der Waals surface area contributed by atoms with Gasteiger partial charge in [0.05, 0.1) is 11.4 Å². The molecule has 2 aromatic heterocycles. The fourth-order valence-corrected chi connectivity index (χ4v) is 5.72. The molecule has 26 heavy (non-hydrogen) atoms.